The summed E-state index contributed by atoms with van der Waals surface area (Å²) in [6.45, 7) is 4.73. The van der Waals surface area contributed by atoms with Crippen LogP contribution in [0.3, 0.4) is 0 Å². The van der Waals surface area contributed by atoms with Gasteiger partial charge in [-0.15, -0.1) is 0 Å². The molecule has 4 heterocycles. The summed E-state index contributed by atoms with van der Waals surface area (Å²) >= 11 is 0. The minimum atomic E-state index is -3.70. The number of likely N-dealkylation sites (N-methyl/N-ethyl adjacent to an activating group) is 1. The summed E-state index contributed by atoms with van der Waals surface area (Å²) in [7, 11) is 0.0659. The number of fused-ring (bicyclic) bond motifs is 2. The predicted octanol–water partition coefficient (Wildman–Crippen LogP) is 1.08. The van der Waals surface area contributed by atoms with Gasteiger partial charge in [0.25, 0.3) is 0 Å². The summed E-state index contributed by atoms with van der Waals surface area (Å²) in [5.41, 5.74) is 2.81. The lowest BCUT2D eigenvalue weighted by Gasteiger charge is -2.31. The number of sulfonamides is 1. The fourth-order valence-corrected chi connectivity index (χ4v) is 6.00. The van der Waals surface area contributed by atoms with Crippen molar-refractivity contribution in [2.24, 2.45) is 12.0 Å². The Kier molecular flexibility index (Phi) is 5.50. The van der Waals surface area contributed by atoms with Crippen LogP contribution in [0.1, 0.15) is 40.7 Å². The summed E-state index contributed by atoms with van der Waals surface area (Å²) in [5, 5.41) is 8.48. The molecule has 3 aliphatic rings. The Morgan fingerprint density at radius 1 is 1.12 bits per heavy atom. The van der Waals surface area contributed by atoms with Crippen LogP contribution in [0.25, 0.3) is 0 Å². The number of aryl methyl sites for hydroxylation is 1. The number of amidine groups is 1. The Bertz CT molecular complexity index is 1260. The molecule has 0 N–H and O–H groups in total. The van der Waals surface area contributed by atoms with Crippen LogP contribution in [0.15, 0.2) is 22.0 Å². The average molecular weight is 472 g/mol. The average Bonchev–Trinajstić information content (AvgIpc) is 3.39. The molecule has 1 amide bonds. The largest absolute Gasteiger partial charge is 0.492 e. The minimum absolute atomic E-state index is 0.173. The van der Waals surface area contributed by atoms with Crippen LogP contribution >= 0.6 is 0 Å². The molecule has 0 atom stereocenters. The van der Waals surface area contributed by atoms with Gasteiger partial charge in [-0.05, 0) is 31.2 Å². The first-order valence-electron chi connectivity index (χ1n) is 11.2. The number of hydrogen-bond acceptors (Lipinski definition) is 7. The summed E-state index contributed by atoms with van der Waals surface area (Å²) < 4.78 is 35.9. The number of rotatable bonds is 5. The monoisotopic (exact) mass is 471 g/mol. The Labute approximate surface area is 193 Å². The fraction of sp³-hybridized carbons (Fsp3) is 0.500. The van der Waals surface area contributed by atoms with Gasteiger partial charge in [0.2, 0.25) is 10.0 Å². The standard InChI is InChI=1S/C22H27N6O4S/c1-4-5-17-18-19(25-27(17)3)22(29)24-21(23-18)16-13-15(12-14-6-11-32-20(14)16)33(30,31)28-9-7-26(2)8-10-28/h12-13H,4-11H2,1-3H3. The van der Waals surface area contributed by atoms with E-state index in [4.69, 9.17) is 4.74 Å². The molecule has 1 fully saturated rings. The third-order valence-electron chi connectivity index (χ3n) is 6.35. The first-order valence-corrected chi connectivity index (χ1v) is 12.6. The van der Waals surface area contributed by atoms with Crippen LogP contribution in [-0.4, -0.2) is 79.0 Å². The molecule has 0 bridgehead atoms. The first-order chi connectivity index (χ1) is 15.8. The fourth-order valence-electron chi connectivity index (χ4n) is 4.50. The van der Waals surface area contributed by atoms with Gasteiger partial charge in [-0.25, -0.2) is 13.4 Å². The van der Waals surface area contributed by atoms with Gasteiger partial charge in [0, 0.05) is 39.6 Å². The van der Waals surface area contributed by atoms with E-state index in [0.717, 1.165) is 24.1 Å². The number of amides is 1. The maximum Gasteiger partial charge on any atom is 0.301 e. The van der Waals surface area contributed by atoms with Crippen molar-refractivity contribution in [1.29, 1.82) is 0 Å². The molecule has 0 aliphatic carbocycles. The zero-order valence-electron chi connectivity index (χ0n) is 19.0. The Hall–Kier alpha value is -2.76. The highest BCUT2D eigenvalue weighted by Gasteiger charge is 2.34. The van der Waals surface area contributed by atoms with E-state index < -0.39 is 15.9 Å². The lowest BCUT2D eigenvalue weighted by molar-refractivity contribution is 0.0967. The highest BCUT2D eigenvalue weighted by molar-refractivity contribution is 7.89. The molecule has 0 spiro atoms. The lowest BCUT2D eigenvalue weighted by atomic mass is 10.1. The second kappa shape index (κ2) is 8.23. The molecule has 1 aromatic carbocycles. The maximum atomic E-state index is 13.4. The minimum Gasteiger partial charge on any atom is -0.492 e. The molecule has 3 aliphatic heterocycles. The van der Waals surface area contributed by atoms with Crippen LogP contribution in [0.5, 0.6) is 5.75 Å². The normalized spacial score (nSPS) is 19.0. The van der Waals surface area contributed by atoms with Crippen molar-refractivity contribution in [2.75, 3.05) is 39.8 Å². The lowest BCUT2D eigenvalue weighted by Crippen LogP contribution is -2.47. The van der Waals surface area contributed by atoms with Gasteiger partial charge >= 0.3 is 5.91 Å². The number of carbonyl (C=O) groups excluding carboxylic acids is 1. The van der Waals surface area contributed by atoms with Crippen LogP contribution in [0, 0.1) is 0 Å². The zero-order valence-corrected chi connectivity index (χ0v) is 19.9. The molecule has 0 saturated carbocycles. The topological polar surface area (TPSA) is 111 Å². The zero-order chi connectivity index (χ0) is 23.3. The van der Waals surface area contributed by atoms with Crippen molar-refractivity contribution < 1.29 is 17.9 Å². The second-order valence-corrected chi connectivity index (χ2v) is 10.6. The number of nitrogens with zero attached hydrogens (tertiary/aromatic N) is 6. The number of aromatic nitrogens is 2. The predicted molar refractivity (Wildman–Crippen MR) is 122 cm³/mol. The summed E-state index contributed by atoms with van der Waals surface area (Å²) in [4.78, 5) is 19.8. The van der Waals surface area contributed by atoms with E-state index in [1.54, 1.807) is 23.9 Å². The van der Waals surface area contributed by atoms with Crippen LogP contribution < -0.4 is 10.1 Å². The second-order valence-electron chi connectivity index (χ2n) is 8.63. The third kappa shape index (κ3) is 3.73. The highest BCUT2D eigenvalue weighted by atomic mass is 32.2. The van der Waals surface area contributed by atoms with Crippen molar-refractivity contribution in [1.82, 2.24) is 24.3 Å². The van der Waals surface area contributed by atoms with E-state index >= 15 is 0 Å². The third-order valence-corrected chi connectivity index (χ3v) is 8.23. The molecular weight excluding hydrogens is 444 g/mol. The van der Waals surface area contributed by atoms with E-state index in [1.807, 2.05) is 14.0 Å². The smallest absolute Gasteiger partial charge is 0.301 e. The number of hydrogen-bond donors (Lipinski definition) is 0. The molecule has 175 valence electrons. The Morgan fingerprint density at radius 3 is 2.61 bits per heavy atom. The molecule has 1 saturated heterocycles. The van der Waals surface area contributed by atoms with Gasteiger partial charge in [0.1, 0.15) is 11.4 Å². The Morgan fingerprint density at radius 2 is 1.88 bits per heavy atom. The molecule has 2 aromatic rings. The van der Waals surface area contributed by atoms with Crippen molar-refractivity contribution >= 4 is 27.5 Å². The van der Waals surface area contributed by atoms with E-state index in [9.17, 15) is 13.2 Å². The van der Waals surface area contributed by atoms with Crippen molar-refractivity contribution in [2.45, 2.75) is 31.1 Å². The molecule has 5 rings (SSSR count). The SMILES string of the molecule is CCCc1c2c(nn1C)C(=O)[N]C(c1cc(S(=O)(=O)N3CCN(C)CC3)cc3c1OCC3)=N2. The van der Waals surface area contributed by atoms with E-state index in [2.05, 4.69) is 20.3 Å². The van der Waals surface area contributed by atoms with Crippen LogP contribution in [0.4, 0.5) is 5.69 Å². The van der Waals surface area contributed by atoms with Gasteiger partial charge in [-0.3, -0.25) is 9.48 Å². The van der Waals surface area contributed by atoms with E-state index in [0.29, 0.717) is 56.2 Å². The molecule has 1 aromatic heterocycles. The molecule has 11 heteroatoms. The van der Waals surface area contributed by atoms with Gasteiger partial charge in [-0.1, -0.05) is 13.3 Å². The summed E-state index contributed by atoms with van der Waals surface area (Å²) in [6.07, 6.45) is 2.18. The van der Waals surface area contributed by atoms with E-state index in [-0.39, 0.29) is 16.4 Å². The quantitative estimate of drug-likeness (QED) is 0.645. The number of aliphatic imine (C=N–C) groups is 1. The Balaban J connectivity index is 1.61. The molecule has 0 unspecified atom stereocenters. The number of ether oxygens (including phenoxy) is 1. The van der Waals surface area contributed by atoms with Crippen LogP contribution in [-0.2, 0) is 29.9 Å². The van der Waals surface area contributed by atoms with Crippen molar-refractivity contribution in [3.05, 3.63) is 34.6 Å². The highest BCUT2D eigenvalue weighted by Crippen LogP contribution is 2.37. The summed E-state index contributed by atoms with van der Waals surface area (Å²) in [5.74, 6) is 0.241. The number of carbonyl (C=O) groups is 1. The number of benzene rings is 1. The first kappa shape index (κ1) is 22.1. The van der Waals surface area contributed by atoms with E-state index in [1.165, 1.54) is 4.31 Å². The van der Waals surface area contributed by atoms with Crippen molar-refractivity contribution in [3.8, 4) is 5.75 Å². The molecule has 33 heavy (non-hydrogen) atoms. The van der Waals surface area contributed by atoms with Gasteiger partial charge < -0.3 is 9.64 Å². The number of piperazine rings is 1. The van der Waals surface area contributed by atoms with Gasteiger partial charge in [0.05, 0.1) is 22.8 Å². The van der Waals surface area contributed by atoms with Crippen molar-refractivity contribution in [3.63, 3.8) is 0 Å². The van der Waals surface area contributed by atoms with Gasteiger partial charge in [-0.2, -0.15) is 14.7 Å². The summed E-state index contributed by atoms with van der Waals surface area (Å²) in [6, 6.07) is 3.23. The molecule has 10 nitrogen and oxygen atoms in total. The van der Waals surface area contributed by atoms with Gasteiger partial charge in [0.15, 0.2) is 11.5 Å². The maximum absolute atomic E-state index is 13.4. The molecular formula is C22H27N6O4S. The molecule has 1 radical (unpaired) electrons. The van der Waals surface area contributed by atoms with Crippen LogP contribution in [0.2, 0.25) is 0 Å².